The Bertz CT molecular complexity index is 818. The molecule has 2 saturated heterocycles. The fourth-order valence-corrected chi connectivity index (χ4v) is 4.58. The first kappa shape index (κ1) is 21.8. The van der Waals surface area contributed by atoms with Crippen molar-refractivity contribution in [1.29, 1.82) is 0 Å². The molecule has 1 amide bonds. The third kappa shape index (κ3) is 6.05. The Hall–Kier alpha value is -2.44. The molecule has 0 N–H and O–H groups in total. The van der Waals surface area contributed by atoms with Crippen LogP contribution < -0.4 is 4.74 Å². The number of piperidine rings is 2. The van der Waals surface area contributed by atoms with E-state index in [9.17, 15) is 4.79 Å². The molecule has 6 nitrogen and oxygen atoms in total. The van der Waals surface area contributed by atoms with E-state index >= 15 is 0 Å². The van der Waals surface area contributed by atoms with Crippen LogP contribution in [0.5, 0.6) is 5.75 Å². The highest BCUT2D eigenvalue weighted by atomic mass is 16.5. The first-order chi connectivity index (χ1) is 15.2. The van der Waals surface area contributed by atoms with Crippen LogP contribution in [0.3, 0.4) is 0 Å². The van der Waals surface area contributed by atoms with Crippen LogP contribution in [-0.4, -0.2) is 66.7 Å². The molecule has 6 heteroatoms. The maximum Gasteiger partial charge on any atom is 0.253 e. The summed E-state index contributed by atoms with van der Waals surface area (Å²) in [6.45, 7) is 5.24. The summed E-state index contributed by atoms with van der Waals surface area (Å²) in [4.78, 5) is 21.7. The van der Waals surface area contributed by atoms with E-state index in [2.05, 4.69) is 16.0 Å². The van der Waals surface area contributed by atoms with Crippen molar-refractivity contribution in [1.82, 2.24) is 14.8 Å². The predicted molar refractivity (Wildman–Crippen MR) is 120 cm³/mol. The van der Waals surface area contributed by atoms with Crippen molar-refractivity contribution >= 4 is 5.91 Å². The minimum absolute atomic E-state index is 0.107. The van der Waals surface area contributed by atoms with Gasteiger partial charge in [-0.1, -0.05) is 6.07 Å². The molecular weight excluding hydrogens is 390 g/mol. The summed E-state index contributed by atoms with van der Waals surface area (Å²) in [6.07, 6.45) is 6.25. The Labute approximate surface area is 185 Å². The zero-order chi connectivity index (χ0) is 21.5. The lowest BCUT2D eigenvalue weighted by Crippen LogP contribution is -2.41. The molecule has 0 aliphatic carbocycles. The summed E-state index contributed by atoms with van der Waals surface area (Å²) in [7, 11) is 1.73. The second-order valence-corrected chi connectivity index (χ2v) is 8.65. The lowest BCUT2D eigenvalue weighted by Gasteiger charge is -2.33. The Kier molecular flexibility index (Phi) is 7.54. The zero-order valence-electron chi connectivity index (χ0n) is 18.4. The predicted octanol–water partition coefficient (Wildman–Crippen LogP) is 3.62. The summed E-state index contributed by atoms with van der Waals surface area (Å²) in [5, 5.41) is 0. The quantitative estimate of drug-likeness (QED) is 0.681. The number of ether oxygens (including phenoxy) is 2. The lowest BCUT2D eigenvalue weighted by atomic mass is 9.98. The molecule has 0 bridgehead atoms. The van der Waals surface area contributed by atoms with Crippen LogP contribution >= 0.6 is 0 Å². The minimum atomic E-state index is 0.107. The molecule has 4 rings (SSSR count). The molecule has 0 spiro atoms. The molecule has 1 aromatic heterocycles. The molecule has 0 radical (unpaired) electrons. The fourth-order valence-electron chi connectivity index (χ4n) is 4.58. The van der Waals surface area contributed by atoms with Crippen LogP contribution in [0.2, 0.25) is 0 Å². The molecule has 2 aliphatic rings. The smallest absolute Gasteiger partial charge is 0.253 e. The number of rotatable bonds is 7. The Morgan fingerprint density at radius 2 is 1.87 bits per heavy atom. The van der Waals surface area contributed by atoms with Crippen LogP contribution in [0, 0.1) is 5.92 Å². The average molecular weight is 424 g/mol. The molecule has 0 unspecified atom stereocenters. The topological polar surface area (TPSA) is 54.9 Å². The van der Waals surface area contributed by atoms with Gasteiger partial charge < -0.3 is 14.4 Å². The van der Waals surface area contributed by atoms with Gasteiger partial charge in [0.05, 0.1) is 12.3 Å². The molecule has 1 aromatic carbocycles. The van der Waals surface area contributed by atoms with Gasteiger partial charge in [-0.05, 0) is 68.0 Å². The second-order valence-electron chi connectivity index (χ2n) is 8.65. The van der Waals surface area contributed by atoms with Crippen LogP contribution in [0.25, 0.3) is 0 Å². The number of hydrogen-bond donors (Lipinski definition) is 0. The number of aromatic nitrogens is 1. The van der Waals surface area contributed by atoms with Crippen LogP contribution in [0.15, 0.2) is 48.7 Å². The molecule has 31 heavy (non-hydrogen) atoms. The second kappa shape index (κ2) is 10.7. The molecule has 2 fully saturated rings. The number of benzene rings is 1. The molecule has 0 saturated carbocycles. The Morgan fingerprint density at radius 1 is 1.06 bits per heavy atom. The van der Waals surface area contributed by atoms with E-state index < -0.39 is 0 Å². The van der Waals surface area contributed by atoms with Gasteiger partial charge in [-0.25, -0.2) is 0 Å². The van der Waals surface area contributed by atoms with E-state index in [1.54, 1.807) is 7.11 Å². The van der Waals surface area contributed by atoms with E-state index in [1.165, 1.54) is 0 Å². The molecular formula is C25H33N3O3. The zero-order valence-corrected chi connectivity index (χ0v) is 18.4. The number of carbonyl (C=O) groups excluding carboxylic acids is 1. The average Bonchev–Trinajstić information content (AvgIpc) is 2.81. The van der Waals surface area contributed by atoms with Gasteiger partial charge in [-0.3, -0.25) is 14.7 Å². The van der Waals surface area contributed by atoms with Gasteiger partial charge in [-0.2, -0.15) is 0 Å². The number of nitrogens with zero attached hydrogens (tertiary/aromatic N) is 3. The van der Waals surface area contributed by atoms with Gasteiger partial charge in [0.25, 0.3) is 5.91 Å². The molecule has 1 atom stereocenters. The van der Waals surface area contributed by atoms with Gasteiger partial charge >= 0.3 is 0 Å². The standard InChI is InChI=1S/C25H33N3O3/c1-30-19-20-5-4-14-28(17-20)25(29)21-7-9-23(10-8-21)31-24-11-15-27(16-12-24)18-22-6-2-3-13-26-22/h2-3,6-10,13,20,24H,4-5,11-12,14-19H2,1H3/t20-/m1/s1. The van der Waals surface area contributed by atoms with Crippen molar-refractivity contribution in [3.05, 3.63) is 59.9 Å². The van der Waals surface area contributed by atoms with Crippen LogP contribution in [-0.2, 0) is 11.3 Å². The van der Waals surface area contributed by atoms with Crippen molar-refractivity contribution < 1.29 is 14.3 Å². The summed E-state index contributed by atoms with van der Waals surface area (Å²) in [5.74, 6) is 1.39. The maximum atomic E-state index is 12.9. The van der Waals surface area contributed by atoms with Gasteiger partial charge in [0, 0.05) is 51.6 Å². The van der Waals surface area contributed by atoms with Crippen molar-refractivity contribution in [2.45, 2.75) is 38.3 Å². The van der Waals surface area contributed by atoms with Crippen molar-refractivity contribution in [3.63, 3.8) is 0 Å². The lowest BCUT2D eigenvalue weighted by molar-refractivity contribution is 0.0571. The third-order valence-corrected chi connectivity index (χ3v) is 6.26. The number of carbonyl (C=O) groups is 1. The summed E-state index contributed by atoms with van der Waals surface area (Å²) >= 11 is 0. The monoisotopic (exact) mass is 423 g/mol. The molecule has 166 valence electrons. The van der Waals surface area contributed by atoms with E-state index in [0.717, 1.165) is 82.0 Å². The van der Waals surface area contributed by atoms with Gasteiger partial charge in [0.15, 0.2) is 0 Å². The Balaban J connectivity index is 1.25. The summed E-state index contributed by atoms with van der Waals surface area (Å²) in [6, 6.07) is 13.7. The normalized spacial score (nSPS) is 20.5. The van der Waals surface area contributed by atoms with Crippen molar-refractivity contribution in [2.24, 2.45) is 5.92 Å². The largest absolute Gasteiger partial charge is 0.490 e. The highest BCUT2D eigenvalue weighted by Crippen LogP contribution is 2.23. The van der Waals surface area contributed by atoms with E-state index in [0.29, 0.717) is 5.92 Å². The molecule has 2 aliphatic heterocycles. The number of likely N-dealkylation sites (tertiary alicyclic amines) is 2. The highest BCUT2D eigenvalue weighted by Gasteiger charge is 2.25. The fraction of sp³-hybridized carbons (Fsp3) is 0.520. The van der Waals surface area contributed by atoms with Crippen molar-refractivity contribution in [3.8, 4) is 5.75 Å². The van der Waals surface area contributed by atoms with Gasteiger partial charge in [0.2, 0.25) is 0 Å². The number of hydrogen-bond acceptors (Lipinski definition) is 5. The maximum absolute atomic E-state index is 12.9. The molecule has 2 aromatic rings. The van der Waals surface area contributed by atoms with E-state index in [4.69, 9.17) is 9.47 Å². The minimum Gasteiger partial charge on any atom is -0.490 e. The van der Waals surface area contributed by atoms with E-state index in [-0.39, 0.29) is 12.0 Å². The van der Waals surface area contributed by atoms with Crippen LogP contribution in [0.4, 0.5) is 0 Å². The van der Waals surface area contributed by atoms with Gasteiger partial charge in [-0.15, -0.1) is 0 Å². The first-order valence-corrected chi connectivity index (χ1v) is 11.4. The number of methoxy groups -OCH3 is 1. The summed E-state index contributed by atoms with van der Waals surface area (Å²) in [5.41, 5.74) is 1.85. The summed E-state index contributed by atoms with van der Waals surface area (Å²) < 4.78 is 11.5. The highest BCUT2D eigenvalue weighted by molar-refractivity contribution is 5.94. The number of amides is 1. The van der Waals surface area contributed by atoms with Crippen LogP contribution in [0.1, 0.15) is 41.7 Å². The number of pyridine rings is 1. The SMILES string of the molecule is COC[C@@H]1CCCN(C(=O)c2ccc(OC3CCN(Cc4ccccn4)CC3)cc2)C1. The van der Waals surface area contributed by atoms with E-state index in [1.807, 2.05) is 47.5 Å². The van der Waals surface area contributed by atoms with Gasteiger partial charge in [0.1, 0.15) is 11.9 Å². The third-order valence-electron chi connectivity index (χ3n) is 6.26. The molecule has 3 heterocycles. The first-order valence-electron chi connectivity index (χ1n) is 11.4. The Morgan fingerprint density at radius 3 is 2.58 bits per heavy atom. The van der Waals surface area contributed by atoms with Crippen molar-refractivity contribution in [2.75, 3.05) is 39.9 Å².